The quantitative estimate of drug-likeness (QED) is 0.550. The Hall–Kier alpha value is -0.940. The van der Waals surface area contributed by atoms with Crippen LogP contribution in [-0.4, -0.2) is 37.9 Å². The summed E-state index contributed by atoms with van der Waals surface area (Å²) in [4.78, 5) is 24.4. The minimum absolute atomic E-state index is 0.0610. The molecule has 2 rings (SSSR count). The molecule has 1 saturated heterocycles. The zero-order valence-corrected chi connectivity index (χ0v) is 11.2. The van der Waals surface area contributed by atoms with Gasteiger partial charge in [-0.3, -0.25) is 9.59 Å². The Kier molecular flexibility index (Phi) is 3.47. The molecule has 0 aromatic carbocycles. The van der Waals surface area contributed by atoms with Crippen LogP contribution in [0.3, 0.4) is 0 Å². The van der Waals surface area contributed by atoms with Crippen LogP contribution in [0.25, 0.3) is 0 Å². The third kappa shape index (κ3) is 1.86. The molecule has 0 N–H and O–H groups in total. The van der Waals surface area contributed by atoms with Gasteiger partial charge in [-0.05, 0) is 5.92 Å². The summed E-state index contributed by atoms with van der Waals surface area (Å²) in [5.41, 5.74) is -1.13. The van der Waals surface area contributed by atoms with E-state index in [1.54, 1.807) is 0 Å². The average Bonchev–Trinajstić information content (AvgIpc) is 2.79. The van der Waals surface area contributed by atoms with Gasteiger partial charge in [0, 0.05) is 19.3 Å². The molecule has 0 bridgehead atoms. The Morgan fingerprint density at radius 2 is 1.94 bits per heavy atom. The predicted molar refractivity (Wildman–Crippen MR) is 62.8 cm³/mol. The smallest absolute Gasteiger partial charge is 0.319 e. The van der Waals surface area contributed by atoms with E-state index in [1.807, 2.05) is 13.8 Å². The van der Waals surface area contributed by atoms with Gasteiger partial charge < -0.3 is 14.2 Å². The van der Waals surface area contributed by atoms with Gasteiger partial charge in [0.25, 0.3) is 0 Å². The summed E-state index contributed by atoms with van der Waals surface area (Å²) in [6.45, 7) is 4.76. The van der Waals surface area contributed by atoms with Crippen molar-refractivity contribution in [3.8, 4) is 0 Å². The lowest BCUT2D eigenvalue weighted by Gasteiger charge is -2.43. The van der Waals surface area contributed by atoms with Crippen LogP contribution < -0.4 is 0 Å². The SMILES string of the molecule is COC(=O)C1(C(C)C)CC2(CCC1=O)OCCO2. The van der Waals surface area contributed by atoms with E-state index < -0.39 is 17.2 Å². The number of rotatable bonds is 2. The van der Waals surface area contributed by atoms with Gasteiger partial charge in [-0.25, -0.2) is 0 Å². The predicted octanol–water partition coefficient (Wildman–Crippen LogP) is 1.30. The first kappa shape index (κ1) is 13.5. The topological polar surface area (TPSA) is 61.8 Å². The standard InChI is InChI=1S/C13H20O5/c1-9(2)13(11(15)16-3)8-12(5-4-10(13)14)17-6-7-18-12/h9H,4-8H2,1-3H3. The maximum atomic E-state index is 12.3. The lowest BCUT2D eigenvalue weighted by atomic mass is 9.64. The highest BCUT2D eigenvalue weighted by atomic mass is 16.7. The molecule has 0 amide bonds. The Morgan fingerprint density at radius 1 is 1.33 bits per heavy atom. The van der Waals surface area contributed by atoms with E-state index in [0.717, 1.165) is 0 Å². The van der Waals surface area contributed by atoms with Crippen LogP contribution in [0, 0.1) is 11.3 Å². The van der Waals surface area contributed by atoms with Crippen molar-refractivity contribution < 1.29 is 23.8 Å². The highest BCUT2D eigenvalue weighted by molar-refractivity contribution is 6.04. The summed E-state index contributed by atoms with van der Waals surface area (Å²) in [6, 6.07) is 0. The lowest BCUT2D eigenvalue weighted by molar-refractivity contribution is -0.213. The van der Waals surface area contributed by atoms with Crippen LogP contribution >= 0.6 is 0 Å². The summed E-state index contributed by atoms with van der Waals surface area (Å²) in [6.07, 6.45) is 1.09. The van der Waals surface area contributed by atoms with Crippen LogP contribution in [0.1, 0.15) is 33.1 Å². The number of hydrogen-bond acceptors (Lipinski definition) is 5. The second-order valence-electron chi connectivity index (χ2n) is 5.33. The van der Waals surface area contributed by atoms with Crippen molar-refractivity contribution in [3.05, 3.63) is 0 Å². The molecule has 5 heteroatoms. The number of ketones is 1. The van der Waals surface area contributed by atoms with E-state index in [1.165, 1.54) is 7.11 Å². The number of ether oxygens (including phenoxy) is 3. The lowest BCUT2D eigenvalue weighted by Crippen LogP contribution is -2.54. The summed E-state index contributed by atoms with van der Waals surface area (Å²) in [5, 5.41) is 0. The number of Topliss-reactive ketones (excluding diaryl/α,β-unsaturated/α-hetero) is 1. The first-order valence-corrected chi connectivity index (χ1v) is 6.36. The fourth-order valence-corrected chi connectivity index (χ4v) is 3.01. The number of esters is 1. The molecule has 2 fully saturated rings. The zero-order chi connectivity index (χ0) is 13.4. The maximum absolute atomic E-state index is 12.3. The van der Waals surface area contributed by atoms with E-state index in [-0.39, 0.29) is 18.1 Å². The van der Waals surface area contributed by atoms with Gasteiger partial charge in [0.1, 0.15) is 5.41 Å². The van der Waals surface area contributed by atoms with Gasteiger partial charge in [-0.1, -0.05) is 13.8 Å². The van der Waals surface area contributed by atoms with Gasteiger partial charge in [0.05, 0.1) is 20.3 Å². The molecule has 1 aliphatic carbocycles. The summed E-state index contributed by atoms with van der Waals surface area (Å²) >= 11 is 0. The van der Waals surface area contributed by atoms with E-state index in [0.29, 0.717) is 26.1 Å². The van der Waals surface area contributed by atoms with E-state index in [2.05, 4.69) is 0 Å². The normalized spacial score (nSPS) is 31.0. The molecule has 1 saturated carbocycles. The molecule has 1 aliphatic heterocycles. The molecule has 0 radical (unpaired) electrons. The molecular weight excluding hydrogens is 236 g/mol. The molecule has 0 aromatic rings. The van der Waals surface area contributed by atoms with Crippen molar-refractivity contribution in [3.63, 3.8) is 0 Å². The monoisotopic (exact) mass is 256 g/mol. The first-order valence-electron chi connectivity index (χ1n) is 6.36. The Labute approximate surface area is 107 Å². The Bertz CT molecular complexity index is 346. The van der Waals surface area contributed by atoms with E-state index >= 15 is 0 Å². The van der Waals surface area contributed by atoms with Crippen LogP contribution in [0.4, 0.5) is 0 Å². The maximum Gasteiger partial charge on any atom is 0.319 e. The highest BCUT2D eigenvalue weighted by Gasteiger charge is 2.59. The molecule has 1 unspecified atom stereocenters. The van der Waals surface area contributed by atoms with Crippen LogP contribution in [0.5, 0.6) is 0 Å². The number of carbonyl (C=O) groups excluding carboxylic acids is 2. The third-order valence-electron chi connectivity index (χ3n) is 4.13. The van der Waals surface area contributed by atoms with Gasteiger partial charge in [-0.15, -0.1) is 0 Å². The largest absolute Gasteiger partial charge is 0.468 e. The highest BCUT2D eigenvalue weighted by Crippen LogP contribution is 2.48. The van der Waals surface area contributed by atoms with Crippen molar-refractivity contribution in [2.75, 3.05) is 20.3 Å². The van der Waals surface area contributed by atoms with Crippen molar-refractivity contribution in [2.24, 2.45) is 11.3 Å². The van der Waals surface area contributed by atoms with Crippen molar-refractivity contribution >= 4 is 11.8 Å². The van der Waals surface area contributed by atoms with Crippen LogP contribution in [0.2, 0.25) is 0 Å². The second kappa shape index (κ2) is 4.63. The molecule has 1 atom stereocenters. The third-order valence-corrected chi connectivity index (χ3v) is 4.13. The first-order chi connectivity index (χ1) is 8.47. The van der Waals surface area contributed by atoms with Crippen molar-refractivity contribution in [1.82, 2.24) is 0 Å². The minimum Gasteiger partial charge on any atom is -0.468 e. The van der Waals surface area contributed by atoms with Gasteiger partial charge >= 0.3 is 5.97 Å². The van der Waals surface area contributed by atoms with Gasteiger partial charge in [0.15, 0.2) is 11.6 Å². The Balaban J connectivity index is 2.36. The van der Waals surface area contributed by atoms with E-state index in [9.17, 15) is 9.59 Å². The van der Waals surface area contributed by atoms with Crippen molar-refractivity contribution in [1.29, 1.82) is 0 Å². The molecule has 1 heterocycles. The minimum atomic E-state index is -1.13. The fraction of sp³-hybridized carbons (Fsp3) is 0.846. The zero-order valence-electron chi connectivity index (χ0n) is 11.2. The number of carbonyl (C=O) groups is 2. The molecule has 1 spiro atoms. The molecule has 2 aliphatic rings. The Morgan fingerprint density at radius 3 is 2.44 bits per heavy atom. The van der Waals surface area contributed by atoms with E-state index in [4.69, 9.17) is 14.2 Å². The fourth-order valence-electron chi connectivity index (χ4n) is 3.01. The molecule has 0 aromatic heterocycles. The number of hydrogen-bond donors (Lipinski definition) is 0. The molecule has 102 valence electrons. The summed E-state index contributed by atoms with van der Waals surface area (Å²) in [5.74, 6) is -1.44. The molecular formula is C13H20O5. The summed E-state index contributed by atoms with van der Waals surface area (Å²) < 4.78 is 16.2. The van der Waals surface area contributed by atoms with Gasteiger partial charge in [-0.2, -0.15) is 0 Å². The van der Waals surface area contributed by atoms with Crippen molar-refractivity contribution in [2.45, 2.75) is 38.9 Å². The summed E-state index contributed by atoms with van der Waals surface area (Å²) in [7, 11) is 1.32. The molecule has 5 nitrogen and oxygen atoms in total. The molecule has 18 heavy (non-hydrogen) atoms. The average molecular weight is 256 g/mol. The second-order valence-corrected chi connectivity index (χ2v) is 5.33. The van der Waals surface area contributed by atoms with Gasteiger partial charge in [0.2, 0.25) is 0 Å². The van der Waals surface area contributed by atoms with Crippen LogP contribution in [-0.2, 0) is 23.8 Å². The number of methoxy groups -OCH3 is 1. The van der Waals surface area contributed by atoms with Crippen LogP contribution in [0.15, 0.2) is 0 Å².